The van der Waals surface area contributed by atoms with Crippen LogP contribution < -0.4 is 0 Å². The van der Waals surface area contributed by atoms with Crippen LogP contribution in [0.5, 0.6) is 0 Å². The van der Waals surface area contributed by atoms with Gasteiger partial charge in [0.25, 0.3) is 0 Å². The molecule has 0 bridgehead atoms. The molecule has 0 saturated carbocycles. The van der Waals surface area contributed by atoms with E-state index in [2.05, 4.69) is 44.5 Å². The first-order valence-electron chi connectivity index (χ1n) is 8.47. The topological polar surface area (TPSA) is 40.4 Å². The third kappa shape index (κ3) is 2.75. The number of hydrogen-bond acceptors (Lipinski definition) is 5. The summed E-state index contributed by atoms with van der Waals surface area (Å²) in [5.41, 5.74) is 2.93. The van der Waals surface area contributed by atoms with Crippen molar-refractivity contribution < 1.29 is 4.74 Å². The van der Waals surface area contributed by atoms with E-state index in [1.807, 2.05) is 0 Å². The Labute approximate surface area is 131 Å². The van der Waals surface area contributed by atoms with Crippen molar-refractivity contribution in [3.8, 4) is 0 Å². The summed E-state index contributed by atoms with van der Waals surface area (Å²) in [4.78, 5) is 2.47. The van der Waals surface area contributed by atoms with E-state index in [1.54, 1.807) is 0 Å². The van der Waals surface area contributed by atoms with Crippen LogP contribution in [0, 0.1) is 0 Å². The summed E-state index contributed by atoms with van der Waals surface area (Å²) in [6, 6.07) is 9.54. The summed E-state index contributed by atoms with van der Waals surface area (Å²) < 4.78 is 5.42. The Morgan fingerprint density at radius 3 is 2.91 bits per heavy atom. The maximum Gasteiger partial charge on any atom is 0.0991 e. The van der Waals surface area contributed by atoms with Crippen LogP contribution in [-0.2, 0) is 11.2 Å². The Morgan fingerprint density at radius 2 is 2.00 bits per heavy atom. The SMILES string of the molecule is c1ccc2c(c1)CCC[C@H]1N=NN(CCN3CCOCC3)[C@H]21. The highest BCUT2D eigenvalue weighted by atomic mass is 16.5. The fourth-order valence-corrected chi connectivity index (χ4v) is 3.84. The van der Waals surface area contributed by atoms with Gasteiger partial charge >= 0.3 is 0 Å². The van der Waals surface area contributed by atoms with Gasteiger partial charge in [0.15, 0.2) is 0 Å². The van der Waals surface area contributed by atoms with Gasteiger partial charge in [-0.3, -0.25) is 9.91 Å². The van der Waals surface area contributed by atoms with E-state index in [0.29, 0.717) is 12.1 Å². The van der Waals surface area contributed by atoms with Crippen molar-refractivity contribution in [1.82, 2.24) is 9.91 Å². The molecular weight excluding hydrogens is 276 g/mol. The molecule has 118 valence electrons. The number of nitrogens with zero attached hydrogens (tertiary/aromatic N) is 4. The number of ether oxygens (including phenoxy) is 1. The van der Waals surface area contributed by atoms with Gasteiger partial charge in [0.05, 0.1) is 31.8 Å². The Bertz CT molecular complexity index is 541. The van der Waals surface area contributed by atoms with E-state index >= 15 is 0 Å². The van der Waals surface area contributed by atoms with Crippen molar-refractivity contribution in [3.63, 3.8) is 0 Å². The average Bonchev–Trinajstić information content (AvgIpc) is 2.88. The zero-order valence-corrected chi connectivity index (χ0v) is 13.0. The first kappa shape index (κ1) is 14.2. The minimum atomic E-state index is 0.341. The van der Waals surface area contributed by atoms with Crippen LogP contribution in [0.4, 0.5) is 0 Å². The molecule has 0 spiro atoms. The number of hydrogen-bond donors (Lipinski definition) is 0. The lowest BCUT2D eigenvalue weighted by Gasteiger charge is -2.31. The fourth-order valence-electron chi connectivity index (χ4n) is 3.84. The van der Waals surface area contributed by atoms with E-state index in [4.69, 9.17) is 4.74 Å². The molecule has 1 fully saturated rings. The molecule has 4 rings (SSSR count). The predicted molar refractivity (Wildman–Crippen MR) is 84.7 cm³/mol. The van der Waals surface area contributed by atoms with E-state index < -0.39 is 0 Å². The molecule has 0 unspecified atom stereocenters. The molecule has 2 aliphatic heterocycles. The Kier molecular flexibility index (Phi) is 4.08. The monoisotopic (exact) mass is 300 g/mol. The lowest BCUT2D eigenvalue weighted by molar-refractivity contribution is 0.0315. The Morgan fingerprint density at radius 1 is 1.14 bits per heavy atom. The average molecular weight is 300 g/mol. The van der Waals surface area contributed by atoms with Gasteiger partial charge in [0.1, 0.15) is 0 Å². The summed E-state index contributed by atoms with van der Waals surface area (Å²) >= 11 is 0. The van der Waals surface area contributed by atoms with Gasteiger partial charge < -0.3 is 4.74 Å². The highest BCUT2D eigenvalue weighted by Gasteiger charge is 2.36. The van der Waals surface area contributed by atoms with Crippen LogP contribution in [0.25, 0.3) is 0 Å². The second kappa shape index (κ2) is 6.34. The van der Waals surface area contributed by atoms with Crippen molar-refractivity contribution >= 4 is 0 Å². The summed E-state index contributed by atoms with van der Waals surface area (Å²) in [6.07, 6.45) is 3.54. The molecule has 22 heavy (non-hydrogen) atoms. The molecule has 5 heteroatoms. The Balaban J connectivity index is 1.48. The fraction of sp³-hybridized carbons (Fsp3) is 0.647. The van der Waals surface area contributed by atoms with Crippen LogP contribution >= 0.6 is 0 Å². The molecule has 0 radical (unpaired) electrons. The molecule has 0 N–H and O–H groups in total. The molecule has 1 aromatic rings. The second-order valence-electron chi connectivity index (χ2n) is 6.43. The van der Waals surface area contributed by atoms with Crippen molar-refractivity contribution in [2.75, 3.05) is 39.4 Å². The summed E-state index contributed by atoms with van der Waals surface area (Å²) in [7, 11) is 0. The molecular formula is C17H24N4O. The van der Waals surface area contributed by atoms with Crippen LogP contribution in [0.3, 0.4) is 0 Å². The molecule has 5 nitrogen and oxygen atoms in total. The van der Waals surface area contributed by atoms with Gasteiger partial charge in [-0.15, -0.1) is 0 Å². The minimum Gasteiger partial charge on any atom is -0.379 e. The lowest BCUT2D eigenvalue weighted by Crippen LogP contribution is -2.41. The zero-order valence-electron chi connectivity index (χ0n) is 13.0. The van der Waals surface area contributed by atoms with Crippen LogP contribution in [0.1, 0.15) is 30.0 Å². The van der Waals surface area contributed by atoms with Gasteiger partial charge in [-0.1, -0.05) is 29.5 Å². The standard InChI is InChI=1S/C17H24N4O/c1-2-6-15-14(4-1)5-3-7-16-17(15)21(19-18-16)9-8-20-10-12-22-13-11-20/h1-2,4,6,16-17H,3,5,7-13H2/t16-,17-/m1/s1. The normalized spacial score (nSPS) is 28.3. The van der Waals surface area contributed by atoms with Crippen LogP contribution in [0.15, 0.2) is 34.6 Å². The van der Waals surface area contributed by atoms with E-state index in [1.165, 1.54) is 24.0 Å². The molecule has 1 aromatic carbocycles. The highest BCUT2D eigenvalue weighted by Crippen LogP contribution is 2.39. The summed E-state index contributed by atoms with van der Waals surface area (Å²) in [5, 5.41) is 11.3. The third-order valence-corrected chi connectivity index (χ3v) is 5.07. The largest absolute Gasteiger partial charge is 0.379 e. The number of morpholine rings is 1. The van der Waals surface area contributed by atoms with Gasteiger partial charge in [-0.05, 0) is 30.4 Å². The van der Waals surface area contributed by atoms with Crippen LogP contribution in [0.2, 0.25) is 0 Å². The van der Waals surface area contributed by atoms with Gasteiger partial charge in [0.2, 0.25) is 0 Å². The molecule has 0 aromatic heterocycles. The smallest absolute Gasteiger partial charge is 0.0991 e. The number of benzene rings is 1. The lowest BCUT2D eigenvalue weighted by atomic mass is 9.96. The number of fused-ring (bicyclic) bond motifs is 3. The predicted octanol–water partition coefficient (Wildman–Crippen LogP) is 2.45. The van der Waals surface area contributed by atoms with Crippen molar-refractivity contribution in [2.45, 2.75) is 31.3 Å². The molecule has 0 amide bonds. The maximum atomic E-state index is 5.42. The minimum absolute atomic E-state index is 0.341. The van der Waals surface area contributed by atoms with Gasteiger partial charge in [0, 0.05) is 19.6 Å². The summed E-state index contributed by atoms with van der Waals surface area (Å²) in [5.74, 6) is 0. The maximum absolute atomic E-state index is 5.42. The quantitative estimate of drug-likeness (QED) is 0.861. The van der Waals surface area contributed by atoms with Gasteiger partial charge in [-0.2, -0.15) is 5.11 Å². The van der Waals surface area contributed by atoms with Gasteiger partial charge in [-0.25, -0.2) is 0 Å². The first-order valence-corrected chi connectivity index (χ1v) is 8.47. The van der Waals surface area contributed by atoms with E-state index in [9.17, 15) is 0 Å². The summed E-state index contributed by atoms with van der Waals surface area (Å²) in [6.45, 7) is 5.80. The van der Waals surface area contributed by atoms with Crippen molar-refractivity contribution in [2.24, 2.45) is 10.3 Å². The van der Waals surface area contributed by atoms with E-state index in [-0.39, 0.29) is 0 Å². The molecule has 3 aliphatic rings. The van der Waals surface area contributed by atoms with Crippen LogP contribution in [-0.4, -0.2) is 55.3 Å². The molecule has 1 aliphatic carbocycles. The Hall–Kier alpha value is -1.46. The first-order chi connectivity index (χ1) is 10.9. The molecule has 2 atom stereocenters. The highest BCUT2D eigenvalue weighted by molar-refractivity contribution is 5.33. The van der Waals surface area contributed by atoms with E-state index in [0.717, 1.165) is 45.8 Å². The number of rotatable bonds is 3. The third-order valence-electron chi connectivity index (χ3n) is 5.07. The van der Waals surface area contributed by atoms with Crippen molar-refractivity contribution in [3.05, 3.63) is 35.4 Å². The zero-order chi connectivity index (χ0) is 14.8. The molecule has 2 heterocycles. The second-order valence-corrected chi connectivity index (χ2v) is 6.43. The molecule has 1 saturated heterocycles. The van der Waals surface area contributed by atoms with Crippen molar-refractivity contribution in [1.29, 1.82) is 0 Å². The number of aryl methyl sites for hydroxylation is 1.